The monoisotopic (exact) mass is 396 g/mol. The number of nitrogens with zero attached hydrogens (tertiary/aromatic N) is 2. The summed E-state index contributed by atoms with van der Waals surface area (Å²) in [4.78, 5) is 29.0. The van der Waals surface area contributed by atoms with Crippen molar-refractivity contribution in [1.29, 1.82) is 0 Å². The third-order valence-corrected chi connectivity index (χ3v) is 3.94. The number of nitrogens with one attached hydrogen (secondary N) is 2. The van der Waals surface area contributed by atoms with Gasteiger partial charge in [0.2, 0.25) is 0 Å². The maximum absolute atomic E-state index is 12.0. The molecule has 0 unspecified atom stereocenters. The van der Waals surface area contributed by atoms with Crippen molar-refractivity contribution >= 4 is 41.1 Å². The van der Waals surface area contributed by atoms with Crippen molar-refractivity contribution < 1.29 is 14.3 Å². The molecule has 0 saturated carbocycles. The van der Waals surface area contributed by atoms with Gasteiger partial charge in [-0.3, -0.25) is 5.32 Å². The number of likely N-dealkylation sites (N-methyl/N-ethyl adjacent to an activating group) is 1. The van der Waals surface area contributed by atoms with Crippen LogP contribution in [0.4, 0.5) is 15.4 Å². The maximum atomic E-state index is 12.0. The number of aromatic nitrogens is 1. The van der Waals surface area contributed by atoms with Gasteiger partial charge >= 0.3 is 12.1 Å². The molecule has 1 aromatic carbocycles. The summed E-state index contributed by atoms with van der Waals surface area (Å²) in [7, 11) is 1.60. The number of urea groups is 1. The Bertz CT molecular complexity index is 756. The van der Waals surface area contributed by atoms with Crippen LogP contribution in [-0.2, 0) is 11.3 Å². The van der Waals surface area contributed by atoms with Crippen LogP contribution in [0.3, 0.4) is 0 Å². The van der Waals surface area contributed by atoms with E-state index in [0.29, 0.717) is 22.4 Å². The largest absolute Gasteiger partial charge is 0.447 e. The van der Waals surface area contributed by atoms with Crippen LogP contribution in [-0.4, -0.2) is 42.2 Å². The summed E-state index contributed by atoms with van der Waals surface area (Å²) in [6.45, 7) is 0.581. The summed E-state index contributed by atoms with van der Waals surface area (Å²) < 4.78 is 5.01. The zero-order valence-corrected chi connectivity index (χ0v) is 15.5. The minimum absolute atomic E-state index is 0.0371. The van der Waals surface area contributed by atoms with Crippen molar-refractivity contribution in [3.8, 4) is 0 Å². The minimum Gasteiger partial charge on any atom is -0.447 e. The molecule has 2 aromatic rings. The molecule has 0 aliphatic heterocycles. The molecule has 0 radical (unpaired) electrons. The van der Waals surface area contributed by atoms with Gasteiger partial charge in [0, 0.05) is 24.8 Å². The molecular formula is C17H18Cl2N4O3. The number of carbonyl (C=O) groups excluding carboxylic acids is 2. The lowest BCUT2D eigenvalue weighted by molar-refractivity contribution is 0.146. The summed E-state index contributed by atoms with van der Waals surface area (Å²) in [6.07, 6.45) is 0.749. The molecule has 138 valence electrons. The molecule has 0 spiro atoms. The summed E-state index contributed by atoms with van der Waals surface area (Å²) in [5.74, 6) is 0.324. The van der Waals surface area contributed by atoms with Crippen molar-refractivity contribution in [2.75, 3.05) is 25.5 Å². The molecular weight excluding hydrogens is 379 g/mol. The van der Waals surface area contributed by atoms with Crippen molar-refractivity contribution in [3.63, 3.8) is 0 Å². The van der Waals surface area contributed by atoms with Crippen LogP contribution in [0.5, 0.6) is 0 Å². The van der Waals surface area contributed by atoms with E-state index in [1.807, 2.05) is 18.2 Å². The Morgan fingerprint density at radius 1 is 1.19 bits per heavy atom. The maximum Gasteiger partial charge on any atom is 0.412 e. The van der Waals surface area contributed by atoms with E-state index in [0.717, 1.165) is 5.56 Å². The number of amides is 3. The molecule has 2 rings (SSSR count). The molecule has 2 N–H and O–H groups in total. The smallest absolute Gasteiger partial charge is 0.412 e. The molecule has 0 atom stereocenters. The van der Waals surface area contributed by atoms with Crippen LogP contribution in [0.2, 0.25) is 10.0 Å². The number of benzene rings is 1. The number of rotatable bonds is 6. The van der Waals surface area contributed by atoms with Crippen molar-refractivity contribution in [2.45, 2.75) is 6.54 Å². The summed E-state index contributed by atoms with van der Waals surface area (Å²) >= 11 is 11.8. The van der Waals surface area contributed by atoms with Gasteiger partial charge in [-0.05, 0) is 23.8 Å². The van der Waals surface area contributed by atoms with E-state index in [1.54, 1.807) is 25.2 Å². The van der Waals surface area contributed by atoms with Gasteiger partial charge in [-0.15, -0.1) is 0 Å². The number of pyridine rings is 1. The summed E-state index contributed by atoms with van der Waals surface area (Å²) in [5, 5.41) is 6.26. The highest BCUT2D eigenvalue weighted by Crippen LogP contribution is 2.14. The Labute approximate surface area is 161 Å². The highest BCUT2D eigenvalue weighted by atomic mass is 35.5. The van der Waals surface area contributed by atoms with Gasteiger partial charge in [0.1, 0.15) is 12.4 Å². The molecule has 1 heterocycles. The minimum atomic E-state index is -0.662. The lowest BCUT2D eigenvalue weighted by Crippen LogP contribution is -2.39. The normalized spacial score (nSPS) is 10.1. The van der Waals surface area contributed by atoms with Crippen molar-refractivity contribution in [3.05, 3.63) is 58.2 Å². The van der Waals surface area contributed by atoms with Crippen LogP contribution in [0, 0.1) is 0 Å². The van der Waals surface area contributed by atoms with Gasteiger partial charge in [-0.2, -0.15) is 0 Å². The van der Waals surface area contributed by atoms with Crippen LogP contribution in [0.1, 0.15) is 5.56 Å². The van der Waals surface area contributed by atoms with Gasteiger partial charge in [0.15, 0.2) is 0 Å². The Morgan fingerprint density at radius 2 is 1.96 bits per heavy atom. The van der Waals surface area contributed by atoms with Crippen LogP contribution in [0.15, 0.2) is 42.6 Å². The SMILES string of the molecule is CN(CCOC(=O)Nc1ccc(Cl)cn1)C(=O)NCc1ccccc1Cl. The molecule has 1 aromatic heterocycles. The van der Waals surface area contributed by atoms with Crippen LogP contribution in [0.25, 0.3) is 0 Å². The number of carbonyl (C=O) groups is 2. The van der Waals surface area contributed by atoms with Crippen LogP contribution < -0.4 is 10.6 Å². The number of hydrogen-bond donors (Lipinski definition) is 2. The van der Waals surface area contributed by atoms with Gasteiger partial charge in [0.25, 0.3) is 0 Å². The van der Waals surface area contributed by atoms with E-state index in [1.165, 1.54) is 11.1 Å². The quantitative estimate of drug-likeness (QED) is 0.777. The predicted octanol–water partition coefficient (Wildman–Crippen LogP) is 3.78. The molecule has 7 nitrogen and oxygen atoms in total. The van der Waals surface area contributed by atoms with Gasteiger partial charge in [-0.25, -0.2) is 14.6 Å². The lowest BCUT2D eigenvalue weighted by Gasteiger charge is -2.18. The first-order valence-corrected chi connectivity index (χ1v) is 8.49. The zero-order valence-electron chi connectivity index (χ0n) is 14.0. The predicted molar refractivity (Wildman–Crippen MR) is 101 cm³/mol. The molecule has 0 aliphatic carbocycles. The average Bonchev–Trinajstić information content (AvgIpc) is 2.62. The number of halogens is 2. The Hall–Kier alpha value is -2.51. The Kier molecular flexibility index (Phi) is 7.50. The highest BCUT2D eigenvalue weighted by Gasteiger charge is 2.10. The first-order valence-electron chi connectivity index (χ1n) is 7.73. The summed E-state index contributed by atoms with van der Waals surface area (Å²) in [5.41, 5.74) is 0.821. The molecule has 3 amide bonds. The van der Waals surface area contributed by atoms with E-state index in [-0.39, 0.29) is 19.2 Å². The second kappa shape index (κ2) is 9.84. The third-order valence-electron chi connectivity index (χ3n) is 3.35. The highest BCUT2D eigenvalue weighted by molar-refractivity contribution is 6.31. The molecule has 0 bridgehead atoms. The number of anilines is 1. The topological polar surface area (TPSA) is 83.6 Å². The summed E-state index contributed by atoms with van der Waals surface area (Å²) in [6, 6.07) is 10.1. The second-order valence-electron chi connectivity index (χ2n) is 5.29. The fourth-order valence-corrected chi connectivity index (χ4v) is 2.23. The third kappa shape index (κ3) is 6.42. The number of ether oxygens (including phenoxy) is 1. The van der Waals surface area contributed by atoms with Crippen LogP contribution >= 0.6 is 23.2 Å². The molecule has 0 aliphatic rings. The van der Waals surface area contributed by atoms with E-state index in [9.17, 15) is 9.59 Å². The molecule has 26 heavy (non-hydrogen) atoms. The van der Waals surface area contributed by atoms with E-state index in [2.05, 4.69) is 15.6 Å². The van der Waals surface area contributed by atoms with Gasteiger partial charge in [-0.1, -0.05) is 41.4 Å². The number of hydrogen-bond acceptors (Lipinski definition) is 4. The first kappa shape index (κ1) is 19.8. The first-order chi connectivity index (χ1) is 12.5. The molecule has 0 saturated heterocycles. The zero-order chi connectivity index (χ0) is 18.9. The van der Waals surface area contributed by atoms with Gasteiger partial charge < -0.3 is 15.0 Å². The standard InChI is InChI=1S/C17H18Cl2N4O3/c1-23(16(24)21-10-12-4-2-3-5-14(12)19)8-9-26-17(25)22-15-7-6-13(18)11-20-15/h2-7,11H,8-10H2,1H3,(H,21,24)(H,20,22,25). The Morgan fingerprint density at radius 3 is 2.65 bits per heavy atom. The van der Waals surface area contributed by atoms with E-state index >= 15 is 0 Å². The lowest BCUT2D eigenvalue weighted by atomic mass is 10.2. The second-order valence-corrected chi connectivity index (χ2v) is 6.14. The van der Waals surface area contributed by atoms with Crippen molar-refractivity contribution in [1.82, 2.24) is 15.2 Å². The van der Waals surface area contributed by atoms with E-state index in [4.69, 9.17) is 27.9 Å². The fraction of sp³-hybridized carbons (Fsp3) is 0.235. The fourth-order valence-electron chi connectivity index (χ4n) is 1.91. The van der Waals surface area contributed by atoms with E-state index < -0.39 is 6.09 Å². The van der Waals surface area contributed by atoms with Crippen molar-refractivity contribution in [2.24, 2.45) is 0 Å². The average molecular weight is 397 g/mol. The molecule has 0 fully saturated rings. The Balaban J connectivity index is 1.68. The molecule has 9 heteroatoms. The van der Waals surface area contributed by atoms with Gasteiger partial charge in [0.05, 0.1) is 11.6 Å².